The normalized spacial score (nSPS) is 23.8. The summed E-state index contributed by atoms with van der Waals surface area (Å²) in [5.41, 5.74) is 2.92. The number of hydrogen-bond donors (Lipinski definition) is 3. The number of pyridine rings is 1. The van der Waals surface area contributed by atoms with Gasteiger partial charge in [0.2, 0.25) is 5.75 Å². The number of aromatic nitrogens is 2. The van der Waals surface area contributed by atoms with E-state index in [0.29, 0.717) is 43.5 Å². The van der Waals surface area contributed by atoms with Crippen LogP contribution in [0.2, 0.25) is 0 Å². The topological polar surface area (TPSA) is 208 Å². The number of carbonyl (C=O) groups is 1. The molecule has 3 aromatic carbocycles. The van der Waals surface area contributed by atoms with Crippen LogP contribution in [0.25, 0.3) is 11.0 Å². The molecule has 18 heteroatoms. The molecule has 70 heavy (non-hydrogen) atoms. The molecule has 10 rings (SSSR count). The van der Waals surface area contributed by atoms with Crippen molar-refractivity contribution in [2.24, 2.45) is 11.3 Å². The molecule has 5 aliphatic rings. The van der Waals surface area contributed by atoms with Gasteiger partial charge in [-0.05, 0) is 117 Å². The number of morpholine rings is 1. The number of hydrogen-bond acceptors (Lipinski definition) is 14. The number of rotatable bonds is 13. The van der Waals surface area contributed by atoms with E-state index in [0.717, 1.165) is 88.0 Å². The lowest BCUT2D eigenvalue weighted by Gasteiger charge is -2.57. The number of ether oxygens (including phenoxy) is 5. The number of sulfonamides is 1. The minimum absolute atomic E-state index is 0.0498. The van der Waals surface area contributed by atoms with Gasteiger partial charge in [0.15, 0.2) is 11.5 Å². The van der Waals surface area contributed by atoms with Crippen LogP contribution >= 0.6 is 0 Å². The maximum absolute atomic E-state index is 14.2. The number of methoxy groups -OCH3 is 1. The molecule has 5 aromatic rings. The van der Waals surface area contributed by atoms with Crippen molar-refractivity contribution in [3.63, 3.8) is 0 Å². The van der Waals surface area contributed by atoms with Crippen LogP contribution in [0.3, 0.4) is 0 Å². The van der Waals surface area contributed by atoms with E-state index in [1.807, 2.05) is 13.0 Å². The summed E-state index contributed by atoms with van der Waals surface area (Å²) < 4.78 is 60.3. The predicted octanol–water partition coefficient (Wildman–Crippen LogP) is 8.81. The summed E-state index contributed by atoms with van der Waals surface area (Å²) in [6, 6.07) is 20.1. The molecule has 0 radical (unpaired) electrons. The van der Waals surface area contributed by atoms with Gasteiger partial charge in [-0.25, -0.2) is 13.1 Å². The Kier molecular flexibility index (Phi) is 12.9. The van der Waals surface area contributed by atoms with Crippen LogP contribution in [0, 0.1) is 21.4 Å². The minimum atomic E-state index is -4.73. The largest absolute Gasteiger partial charge is 0.486 e. The summed E-state index contributed by atoms with van der Waals surface area (Å²) in [6.45, 7) is 10.3. The lowest BCUT2D eigenvalue weighted by Crippen LogP contribution is -2.58. The van der Waals surface area contributed by atoms with E-state index in [4.69, 9.17) is 23.7 Å². The van der Waals surface area contributed by atoms with Crippen LogP contribution in [-0.2, 0) is 14.8 Å². The second-order valence-electron chi connectivity index (χ2n) is 20.5. The number of nitrogens with one attached hydrogen (secondary N) is 2. The van der Waals surface area contributed by atoms with Crippen molar-refractivity contribution >= 4 is 38.3 Å². The number of amides is 1. The zero-order valence-corrected chi connectivity index (χ0v) is 41.0. The van der Waals surface area contributed by atoms with Crippen LogP contribution in [0.5, 0.6) is 28.9 Å². The zero-order chi connectivity index (χ0) is 49.0. The van der Waals surface area contributed by atoms with Crippen LogP contribution in [-0.4, -0.2) is 104 Å². The standard InChI is InChI=1S/C52H62N6O11S/c1-32(2)39-7-5-6-8-40(39)43-31-66-22-21-57(43)36-28-52(29-36)16-19-56(20-17-52)35-9-10-41(44(25-35)69-46-24-34-13-18-53-48(34)54-50(46)65-4)49(59)55-70(63,64)38-26-42(58(61)62)47-45(27-38)67-30-37(68-47)23-33-11-14-51(3,60)15-12-33/h5-10,13,18,24-27,32-33,36-37,43,60H,11-12,14-17,19-23,28-31H2,1-4H3,(H,53,54)(H,55,59)/t33?,37-,43-,51?/m1/s1. The second-order valence-corrected chi connectivity index (χ2v) is 22.2. The molecule has 0 bridgehead atoms. The number of piperidine rings is 1. The lowest BCUT2D eigenvalue weighted by atomic mass is 9.59. The third kappa shape index (κ3) is 9.62. The van der Waals surface area contributed by atoms with Crippen LogP contribution < -0.4 is 28.6 Å². The molecule has 3 aliphatic heterocycles. The Morgan fingerprint density at radius 1 is 1.01 bits per heavy atom. The van der Waals surface area contributed by atoms with Gasteiger partial charge in [-0.1, -0.05) is 38.1 Å². The lowest BCUT2D eigenvalue weighted by molar-refractivity contribution is -0.386. The van der Waals surface area contributed by atoms with Gasteiger partial charge in [-0.2, -0.15) is 4.98 Å². The van der Waals surface area contributed by atoms with Crippen molar-refractivity contribution in [1.82, 2.24) is 19.6 Å². The molecule has 2 saturated heterocycles. The van der Waals surface area contributed by atoms with Crippen LogP contribution in [0.15, 0.2) is 77.8 Å². The predicted molar refractivity (Wildman–Crippen MR) is 262 cm³/mol. The molecule has 2 saturated carbocycles. The highest BCUT2D eigenvalue weighted by Crippen LogP contribution is 2.53. The van der Waals surface area contributed by atoms with E-state index in [2.05, 4.69) is 62.6 Å². The van der Waals surface area contributed by atoms with Crippen molar-refractivity contribution in [2.75, 3.05) is 51.5 Å². The highest BCUT2D eigenvalue weighted by Gasteiger charge is 2.50. The summed E-state index contributed by atoms with van der Waals surface area (Å²) in [5, 5.41) is 23.5. The smallest absolute Gasteiger partial charge is 0.316 e. The third-order valence-electron chi connectivity index (χ3n) is 15.5. The van der Waals surface area contributed by atoms with Gasteiger partial charge in [0, 0.05) is 61.1 Å². The highest BCUT2D eigenvalue weighted by molar-refractivity contribution is 7.90. The number of benzene rings is 3. The molecule has 4 fully saturated rings. The highest BCUT2D eigenvalue weighted by atomic mass is 32.2. The summed E-state index contributed by atoms with van der Waals surface area (Å²) in [7, 11) is -3.27. The first kappa shape index (κ1) is 47.7. The Morgan fingerprint density at radius 2 is 1.79 bits per heavy atom. The first-order valence-electron chi connectivity index (χ1n) is 24.5. The van der Waals surface area contributed by atoms with Crippen LogP contribution in [0.4, 0.5) is 11.4 Å². The maximum Gasteiger partial charge on any atom is 0.316 e. The van der Waals surface area contributed by atoms with Crippen molar-refractivity contribution in [2.45, 2.75) is 113 Å². The van der Waals surface area contributed by atoms with Gasteiger partial charge in [0.25, 0.3) is 21.8 Å². The fraction of sp³-hybridized carbons (Fsp3) is 0.500. The second kappa shape index (κ2) is 19.0. The number of aromatic amines is 1. The summed E-state index contributed by atoms with van der Waals surface area (Å²) in [6.07, 6.45) is 8.88. The van der Waals surface area contributed by atoms with Gasteiger partial charge in [-0.15, -0.1) is 0 Å². The van der Waals surface area contributed by atoms with E-state index in [1.54, 1.807) is 24.4 Å². The number of aliphatic hydroxyl groups is 1. The summed E-state index contributed by atoms with van der Waals surface area (Å²) in [4.78, 5) is 37.9. The molecule has 1 amide bonds. The molecule has 3 N–H and O–H groups in total. The molecule has 1 spiro atoms. The number of H-pyrrole nitrogens is 1. The fourth-order valence-corrected chi connectivity index (χ4v) is 12.5. The van der Waals surface area contributed by atoms with Gasteiger partial charge >= 0.3 is 5.69 Å². The first-order chi connectivity index (χ1) is 33.6. The van der Waals surface area contributed by atoms with Crippen LogP contribution in [0.1, 0.15) is 112 Å². The number of anilines is 1. The monoisotopic (exact) mass is 978 g/mol. The Bertz CT molecular complexity index is 2880. The average Bonchev–Trinajstić information content (AvgIpc) is 3.80. The van der Waals surface area contributed by atoms with E-state index >= 15 is 0 Å². The van der Waals surface area contributed by atoms with E-state index in [1.165, 1.54) is 24.3 Å². The number of nitro benzene ring substituents is 1. The number of carbonyl (C=O) groups excluding carboxylic acids is 1. The summed E-state index contributed by atoms with van der Waals surface area (Å²) in [5.74, 6) is -0.232. The number of fused-ring (bicyclic) bond motifs is 2. The third-order valence-corrected chi connectivity index (χ3v) is 16.8. The van der Waals surface area contributed by atoms with Gasteiger partial charge in [0.05, 0.1) is 47.3 Å². The molecule has 5 heterocycles. The van der Waals surface area contributed by atoms with Gasteiger partial charge in [0.1, 0.15) is 24.1 Å². The quantitative estimate of drug-likeness (QED) is 0.0745. The maximum atomic E-state index is 14.2. The number of nitrogens with zero attached hydrogens (tertiary/aromatic N) is 4. The minimum Gasteiger partial charge on any atom is -0.486 e. The molecule has 2 aromatic heterocycles. The van der Waals surface area contributed by atoms with Crippen molar-refractivity contribution in [3.8, 4) is 28.9 Å². The van der Waals surface area contributed by atoms with E-state index < -0.39 is 43.1 Å². The first-order valence-corrected chi connectivity index (χ1v) is 26.0. The average molecular weight is 979 g/mol. The SMILES string of the molecule is COc1nc2[nH]ccc2cc1Oc1cc(N2CCC3(CC2)CC(N2CCOC[C@@H]2c2ccccc2C(C)C)C3)ccc1C(=O)NS(=O)(=O)c1cc2c(c([N+](=O)[O-])c1)O[C@H](CC1CCC(C)(O)CC1)CO2. The van der Waals surface area contributed by atoms with E-state index in [9.17, 15) is 28.4 Å². The molecular formula is C52H62N6O11S. The molecule has 2 aliphatic carbocycles. The summed E-state index contributed by atoms with van der Waals surface area (Å²) >= 11 is 0. The van der Waals surface area contributed by atoms with Crippen molar-refractivity contribution in [1.29, 1.82) is 0 Å². The van der Waals surface area contributed by atoms with Crippen molar-refractivity contribution < 1.29 is 46.9 Å². The molecular weight excluding hydrogens is 917 g/mol. The van der Waals surface area contributed by atoms with Gasteiger partial charge in [-0.3, -0.25) is 19.8 Å². The Hall–Kier alpha value is -5.95. The van der Waals surface area contributed by atoms with E-state index in [-0.39, 0.29) is 58.4 Å². The molecule has 17 nitrogen and oxygen atoms in total. The number of nitro groups is 1. The Morgan fingerprint density at radius 3 is 2.53 bits per heavy atom. The molecule has 2 atom stereocenters. The fourth-order valence-electron chi connectivity index (χ4n) is 11.5. The van der Waals surface area contributed by atoms with Crippen molar-refractivity contribution in [3.05, 3.63) is 99.7 Å². The Balaban J connectivity index is 0.866. The molecule has 0 unspecified atom stereocenters. The van der Waals surface area contributed by atoms with Gasteiger partial charge < -0.3 is 38.7 Å². The zero-order valence-electron chi connectivity index (χ0n) is 40.1. The molecule has 372 valence electrons. The Labute approximate surface area is 408 Å².